The van der Waals surface area contributed by atoms with Crippen LogP contribution in [0, 0.1) is 0 Å². The molecule has 0 aliphatic carbocycles. The highest BCUT2D eigenvalue weighted by atomic mass is 28.4. The third-order valence-electron chi connectivity index (χ3n) is 4.13. The molecule has 21 heavy (non-hydrogen) atoms. The van der Waals surface area contributed by atoms with Crippen LogP contribution in [0.5, 0.6) is 0 Å². The topological polar surface area (TPSA) is 38.7 Å². The number of rotatable bonds is 8. The maximum absolute atomic E-state index is 9.23. The van der Waals surface area contributed by atoms with Gasteiger partial charge in [0.25, 0.3) is 0 Å². The molecule has 0 aromatic heterocycles. The van der Waals surface area contributed by atoms with Gasteiger partial charge >= 0.3 is 0 Å². The van der Waals surface area contributed by atoms with Gasteiger partial charge in [-0.2, -0.15) is 0 Å². The van der Waals surface area contributed by atoms with Gasteiger partial charge in [0, 0.05) is 6.61 Å². The maximum atomic E-state index is 9.23. The second-order valence-corrected chi connectivity index (χ2v) is 11.8. The minimum Gasteiger partial charge on any atom is -0.412 e. The number of hydrogen-bond acceptors (Lipinski definition) is 3. The Morgan fingerprint density at radius 1 is 1.14 bits per heavy atom. The van der Waals surface area contributed by atoms with Crippen LogP contribution in [0.4, 0.5) is 0 Å². The van der Waals surface area contributed by atoms with E-state index in [1.807, 2.05) is 18.2 Å². The Bertz CT molecular complexity index is 398. The zero-order valence-electron chi connectivity index (χ0n) is 14.1. The van der Waals surface area contributed by atoms with E-state index in [0.717, 1.165) is 5.56 Å². The summed E-state index contributed by atoms with van der Waals surface area (Å²) < 4.78 is 12.1. The highest BCUT2D eigenvalue weighted by Gasteiger charge is 2.39. The Kier molecular flexibility index (Phi) is 7.07. The summed E-state index contributed by atoms with van der Waals surface area (Å²) in [6.45, 7) is 12.4. The number of hydrogen-bond donors (Lipinski definition) is 1. The van der Waals surface area contributed by atoms with E-state index >= 15 is 0 Å². The molecule has 0 unspecified atom stereocenters. The molecule has 0 amide bonds. The van der Waals surface area contributed by atoms with Crippen LogP contribution >= 0.6 is 0 Å². The average Bonchev–Trinajstić information content (AvgIpc) is 2.38. The molecule has 0 radical (unpaired) electrons. The van der Waals surface area contributed by atoms with E-state index in [2.05, 4.69) is 46.0 Å². The van der Waals surface area contributed by atoms with Gasteiger partial charge < -0.3 is 14.3 Å². The SMILES string of the molecule is CC(C)(C)[Si](C)(C)O[C@H](CCO)COCc1ccccc1. The van der Waals surface area contributed by atoms with Crippen LogP contribution in [0.3, 0.4) is 0 Å². The first-order chi connectivity index (χ1) is 9.76. The number of aliphatic hydroxyl groups excluding tert-OH is 1. The molecule has 0 fully saturated rings. The first-order valence-corrected chi connectivity index (χ1v) is 10.6. The van der Waals surface area contributed by atoms with E-state index in [1.54, 1.807) is 0 Å². The van der Waals surface area contributed by atoms with Gasteiger partial charge in [-0.1, -0.05) is 51.1 Å². The molecule has 0 saturated carbocycles. The molecular formula is C17H30O3Si. The largest absolute Gasteiger partial charge is 0.412 e. The van der Waals surface area contributed by atoms with Gasteiger partial charge in [0.2, 0.25) is 0 Å². The molecule has 1 rings (SSSR count). The molecule has 120 valence electrons. The van der Waals surface area contributed by atoms with Crippen LogP contribution in [-0.4, -0.2) is 32.7 Å². The molecule has 1 atom stereocenters. The van der Waals surface area contributed by atoms with Gasteiger partial charge in [-0.25, -0.2) is 0 Å². The highest BCUT2D eigenvalue weighted by Crippen LogP contribution is 2.37. The molecule has 0 spiro atoms. The zero-order valence-corrected chi connectivity index (χ0v) is 15.1. The lowest BCUT2D eigenvalue weighted by Gasteiger charge is -2.39. The van der Waals surface area contributed by atoms with Crippen LogP contribution in [0.2, 0.25) is 18.1 Å². The van der Waals surface area contributed by atoms with Crippen LogP contribution in [-0.2, 0) is 15.8 Å². The minimum absolute atomic E-state index is 0.0281. The molecular weight excluding hydrogens is 280 g/mol. The summed E-state index contributed by atoms with van der Waals surface area (Å²) in [5.74, 6) is 0. The lowest BCUT2D eigenvalue weighted by molar-refractivity contribution is 0.0229. The fourth-order valence-corrected chi connectivity index (χ4v) is 3.17. The summed E-state index contributed by atoms with van der Waals surface area (Å²) in [7, 11) is -1.83. The lowest BCUT2D eigenvalue weighted by Crippen LogP contribution is -2.45. The van der Waals surface area contributed by atoms with Crippen molar-refractivity contribution in [2.75, 3.05) is 13.2 Å². The van der Waals surface area contributed by atoms with Crippen molar-refractivity contribution < 1.29 is 14.3 Å². The summed E-state index contributed by atoms with van der Waals surface area (Å²) in [6.07, 6.45) is 0.598. The number of ether oxygens (including phenoxy) is 1. The van der Waals surface area contributed by atoms with Gasteiger partial charge in [-0.3, -0.25) is 0 Å². The van der Waals surface area contributed by atoms with Crippen molar-refractivity contribution in [2.24, 2.45) is 0 Å². The van der Waals surface area contributed by atoms with Crippen LogP contribution in [0.1, 0.15) is 32.8 Å². The van der Waals surface area contributed by atoms with Crippen LogP contribution in [0.15, 0.2) is 30.3 Å². The molecule has 1 aromatic rings. The normalized spacial score (nSPS) is 14.2. The maximum Gasteiger partial charge on any atom is 0.192 e. The van der Waals surface area contributed by atoms with Gasteiger partial charge in [0.1, 0.15) is 0 Å². The van der Waals surface area contributed by atoms with Crippen LogP contribution < -0.4 is 0 Å². The Morgan fingerprint density at radius 3 is 2.29 bits per heavy atom. The first kappa shape index (κ1) is 18.4. The van der Waals surface area contributed by atoms with Gasteiger partial charge in [0.15, 0.2) is 8.32 Å². The summed E-state index contributed by atoms with van der Waals surface area (Å²) in [5, 5.41) is 9.40. The second-order valence-electron chi connectivity index (χ2n) is 7.01. The zero-order chi connectivity index (χ0) is 15.9. The third kappa shape index (κ3) is 6.30. The van der Waals surface area contributed by atoms with Crippen molar-refractivity contribution in [2.45, 2.75) is 58.0 Å². The lowest BCUT2D eigenvalue weighted by atomic mass is 10.2. The van der Waals surface area contributed by atoms with E-state index in [0.29, 0.717) is 19.6 Å². The standard InChI is InChI=1S/C17H30O3Si/c1-17(2,3)21(4,5)20-16(11-12-18)14-19-13-15-9-7-6-8-10-15/h6-10,16,18H,11-14H2,1-5H3/t16-/m1/s1. The fourth-order valence-electron chi connectivity index (χ4n) is 1.80. The van der Waals surface area contributed by atoms with Crippen molar-refractivity contribution in [3.8, 4) is 0 Å². The average molecular weight is 311 g/mol. The van der Waals surface area contributed by atoms with E-state index in [-0.39, 0.29) is 17.7 Å². The molecule has 0 aliphatic heterocycles. The van der Waals surface area contributed by atoms with Crippen molar-refractivity contribution in [1.29, 1.82) is 0 Å². The molecule has 3 nitrogen and oxygen atoms in total. The van der Waals surface area contributed by atoms with Gasteiger partial charge in [-0.05, 0) is 30.1 Å². The van der Waals surface area contributed by atoms with E-state index in [1.165, 1.54) is 0 Å². The summed E-state index contributed by atoms with van der Waals surface area (Å²) >= 11 is 0. The van der Waals surface area contributed by atoms with E-state index < -0.39 is 8.32 Å². The Labute approximate surface area is 130 Å². The quantitative estimate of drug-likeness (QED) is 0.738. The van der Waals surface area contributed by atoms with E-state index in [4.69, 9.17) is 9.16 Å². The van der Waals surface area contributed by atoms with E-state index in [9.17, 15) is 5.11 Å². The number of aliphatic hydroxyl groups is 1. The molecule has 0 heterocycles. The highest BCUT2D eigenvalue weighted by molar-refractivity contribution is 6.74. The summed E-state index contributed by atoms with van der Waals surface area (Å²) in [5.41, 5.74) is 1.16. The fraction of sp³-hybridized carbons (Fsp3) is 0.647. The van der Waals surface area contributed by atoms with Crippen molar-refractivity contribution in [1.82, 2.24) is 0 Å². The summed E-state index contributed by atoms with van der Waals surface area (Å²) in [4.78, 5) is 0. The van der Waals surface area contributed by atoms with Crippen molar-refractivity contribution >= 4 is 8.32 Å². The van der Waals surface area contributed by atoms with Gasteiger partial charge in [0.05, 0.1) is 19.3 Å². The Hall–Kier alpha value is -0.683. The van der Waals surface area contributed by atoms with Crippen LogP contribution in [0.25, 0.3) is 0 Å². The Balaban J connectivity index is 2.50. The molecule has 0 aliphatic rings. The predicted octanol–water partition coefficient (Wildman–Crippen LogP) is 3.98. The second kappa shape index (κ2) is 8.08. The smallest absolute Gasteiger partial charge is 0.192 e. The molecule has 0 saturated heterocycles. The molecule has 0 bridgehead atoms. The molecule has 1 aromatic carbocycles. The van der Waals surface area contributed by atoms with Crippen molar-refractivity contribution in [3.05, 3.63) is 35.9 Å². The number of benzene rings is 1. The monoisotopic (exact) mass is 310 g/mol. The van der Waals surface area contributed by atoms with Crippen molar-refractivity contribution in [3.63, 3.8) is 0 Å². The first-order valence-electron chi connectivity index (χ1n) is 7.66. The predicted molar refractivity (Wildman–Crippen MR) is 89.9 cm³/mol. The minimum atomic E-state index is -1.83. The Morgan fingerprint density at radius 2 is 1.76 bits per heavy atom. The third-order valence-corrected chi connectivity index (χ3v) is 8.67. The van der Waals surface area contributed by atoms with Gasteiger partial charge in [-0.15, -0.1) is 0 Å². The summed E-state index contributed by atoms with van der Waals surface area (Å²) in [6, 6.07) is 10.1. The molecule has 1 N–H and O–H groups in total. The molecule has 4 heteroatoms.